The van der Waals surface area contributed by atoms with E-state index >= 15 is 0 Å². The van der Waals surface area contributed by atoms with Gasteiger partial charge in [-0.1, -0.05) is 12.1 Å². The molecule has 1 fully saturated rings. The van der Waals surface area contributed by atoms with Crippen LogP contribution in [0.3, 0.4) is 0 Å². The molecule has 1 unspecified atom stereocenters. The molecule has 1 saturated heterocycles. The maximum absolute atomic E-state index is 12.5. The maximum Gasteiger partial charge on any atom is 0.410 e. The molecule has 3 N–H and O–H groups in total. The standard InChI is InChI=1S/C28H31N7O4/c1-28(2,3)39-27(37)35-12-10-21(16-35)32-25(36)17-38-22-6-4-5-18(14-22)26-29-11-9-24(33-26)31-20-7-8-23-19(13-20)15-30-34-23/h4-9,11,13-15,21H,10,12,16-17H2,1-3H3,(H,30,34)(H,32,36)(H,29,31,33). The lowest BCUT2D eigenvalue weighted by Crippen LogP contribution is -2.41. The summed E-state index contributed by atoms with van der Waals surface area (Å²) >= 11 is 0. The van der Waals surface area contributed by atoms with Crippen LogP contribution in [-0.4, -0.2) is 68.4 Å². The maximum atomic E-state index is 12.5. The van der Waals surface area contributed by atoms with Crippen LogP contribution in [-0.2, 0) is 9.53 Å². The summed E-state index contributed by atoms with van der Waals surface area (Å²) in [7, 11) is 0. The molecule has 11 heteroatoms. The number of aromatic amines is 1. The van der Waals surface area contributed by atoms with Crippen LogP contribution in [0.4, 0.5) is 16.3 Å². The number of hydrogen-bond donors (Lipinski definition) is 3. The third kappa shape index (κ3) is 6.81. The van der Waals surface area contributed by atoms with Crippen LogP contribution < -0.4 is 15.4 Å². The number of ether oxygens (including phenoxy) is 2. The second kappa shape index (κ2) is 11.0. The quantitative estimate of drug-likeness (QED) is 0.323. The number of rotatable bonds is 7. The number of aromatic nitrogens is 4. The minimum Gasteiger partial charge on any atom is -0.484 e. The molecule has 39 heavy (non-hydrogen) atoms. The first-order valence-corrected chi connectivity index (χ1v) is 12.8. The smallest absolute Gasteiger partial charge is 0.410 e. The molecule has 1 aliphatic heterocycles. The highest BCUT2D eigenvalue weighted by Gasteiger charge is 2.30. The minimum absolute atomic E-state index is 0.141. The van der Waals surface area contributed by atoms with Crippen LogP contribution in [0.15, 0.2) is 60.9 Å². The SMILES string of the molecule is CC(C)(C)OC(=O)N1CCC(NC(=O)COc2cccc(-c3nccc(Nc4ccc5[nH]ncc5c4)n3)c2)C1. The van der Waals surface area contributed by atoms with Crippen LogP contribution in [0, 0.1) is 0 Å². The number of amides is 2. The van der Waals surface area contributed by atoms with Crippen molar-refractivity contribution in [3.63, 3.8) is 0 Å². The van der Waals surface area contributed by atoms with Gasteiger partial charge in [0.05, 0.1) is 11.7 Å². The molecule has 0 bridgehead atoms. The summed E-state index contributed by atoms with van der Waals surface area (Å²) in [6, 6.07) is 14.8. The van der Waals surface area contributed by atoms with Gasteiger partial charge in [0, 0.05) is 42.0 Å². The summed E-state index contributed by atoms with van der Waals surface area (Å²) in [5.74, 6) is 1.43. The summed E-state index contributed by atoms with van der Waals surface area (Å²) in [6.07, 6.45) is 3.75. The molecule has 202 valence electrons. The van der Waals surface area contributed by atoms with E-state index in [1.165, 1.54) is 0 Å². The summed E-state index contributed by atoms with van der Waals surface area (Å²) in [5, 5.41) is 14.2. The molecule has 2 aromatic carbocycles. The molecule has 4 aromatic rings. The van der Waals surface area contributed by atoms with Gasteiger partial charge < -0.3 is 25.0 Å². The van der Waals surface area contributed by atoms with Crippen LogP contribution in [0.5, 0.6) is 5.75 Å². The molecular weight excluding hydrogens is 498 g/mol. The lowest BCUT2D eigenvalue weighted by molar-refractivity contribution is -0.123. The summed E-state index contributed by atoms with van der Waals surface area (Å²) in [4.78, 5) is 35.4. The average Bonchev–Trinajstić information content (AvgIpc) is 3.56. The Hall–Kier alpha value is -4.67. The highest BCUT2D eigenvalue weighted by Crippen LogP contribution is 2.24. The Labute approximate surface area is 225 Å². The number of benzene rings is 2. The summed E-state index contributed by atoms with van der Waals surface area (Å²) < 4.78 is 11.2. The Morgan fingerprint density at radius 2 is 2.03 bits per heavy atom. The van der Waals surface area contributed by atoms with E-state index in [-0.39, 0.29) is 24.6 Å². The van der Waals surface area contributed by atoms with E-state index < -0.39 is 5.60 Å². The number of anilines is 2. The Morgan fingerprint density at radius 3 is 2.87 bits per heavy atom. The fourth-order valence-corrected chi connectivity index (χ4v) is 4.25. The predicted octanol–water partition coefficient (Wildman–Crippen LogP) is 4.27. The predicted molar refractivity (Wildman–Crippen MR) is 147 cm³/mol. The Morgan fingerprint density at radius 1 is 1.15 bits per heavy atom. The Bertz CT molecular complexity index is 1480. The van der Waals surface area contributed by atoms with Crippen LogP contribution >= 0.6 is 0 Å². The van der Waals surface area contributed by atoms with Gasteiger partial charge in [0.25, 0.3) is 5.91 Å². The molecule has 3 heterocycles. The first-order valence-electron chi connectivity index (χ1n) is 12.8. The highest BCUT2D eigenvalue weighted by molar-refractivity contribution is 5.82. The third-order valence-corrected chi connectivity index (χ3v) is 6.04. The molecule has 0 saturated carbocycles. The summed E-state index contributed by atoms with van der Waals surface area (Å²) in [6.45, 7) is 6.29. The lowest BCUT2D eigenvalue weighted by Gasteiger charge is -2.24. The van der Waals surface area contributed by atoms with Gasteiger partial charge in [0.1, 0.15) is 17.2 Å². The molecule has 2 amide bonds. The zero-order valence-corrected chi connectivity index (χ0v) is 22.1. The van der Waals surface area contributed by atoms with Crippen molar-refractivity contribution in [2.45, 2.75) is 38.8 Å². The Balaban J connectivity index is 1.15. The zero-order chi connectivity index (χ0) is 27.4. The fraction of sp³-hybridized carbons (Fsp3) is 0.321. The number of hydrogen-bond acceptors (Lipinski definition) is 8. The number of carbonyl (C=O) groups excluding carboxylic acids is 2. The molecule has 1 atom stereocenters. The van der Waals surface area contributed by atoms with Gasteiger partial charge in [0.15, 0.2) is 12.4 Å². The van der Waals surface area contributed by atoms with Crippen LogP contribution in [0.25, 0.3) is 22.3 Å². The molecule has 0 aliphatic carbocycles. The van der Waals surface area contributed by atoms with Gasteiger partial charge in [-0.3, -0.25) is 9.89 Å². The van der Waals surface area contributed by atoms with Crippen LogP contribution in [0.2, 0.25) is 0 Å². The van der Waals surface area contributed by atoms with Gasteiger partial charge in [-0.25, -0.2) is 14.8 Å². The molecular formula is C28H31N7O4. The van der Waals surface area contributed by atoms with Crippen molar-refractivity contribution in [3.8, 4) is 17.1 Å². The van der Waals surface area contributed by atoms with Crippen molar-refractivity contribution < 1.29 is 19.1 Å². The van der Waals surface area contributed by atoms with E-state index in [9.17, 15) is 9.59 Å². The topological polar surface area (TPSA) is 134 Å². The highest BCUT2D eigenvalue weighted by atomic mass is 16.6. The number of nitrogens with zero attached hydrogens (tertiary/aromatic N) is 4. The molecule has 0 radical (unpaired) electrons. The second-order valence-electron chi connectivity index (χ2n) is 10.4. The van der Waals surface area contributed by atoms with Gasteiger partial charge in [-0.2, -0.15) is 5.10 Å². The first kappa shape index (κ1) is 26.0. The minimum atomic E-state index is -0.556. The van der Waals surface area contributed by atoms with Crippen molar-refractivity contribution in [2.24, 2.45) is 0 Å². The van der Waals surface area contributed by atoms with Gasteiger partial charge in [0.2, 0.25) is 0 Å². The van der Waals surface area contributed by atoms with Crippen molar-refractivity contribution in [1.29, 1.82) is 0 Å². The number of nitrogens with one attached hydrogen (secondary N) is 3. The molecule has 1 aliphatic rings. The summed E-state index contributed by atoms with van der Waals surface area (Å²) in [5.41, 5.74) is 2.04. The third-order valence-electron chi connectivity index (χ3n) is 6.04. The normalized spacial score (nSPS) is 15.3. The fourth-order valence-electron chi connectivity index (χ4n) is 4.25. The molecule has 0 spiro atoms. The van der Waals surface area contributed by atoms with E-state index in [0.29, 0.717) is 36.9 Å². The molecule has 5 rings (SSSR count). The van der Waals surface area contributed by atoms with Gasteiger partial charge in [-0.05, 0) is 63.6 Å². The zero-order valence-electron chi connectivity index (χ0n) is 22.1. The van der Waals surface area contributed by atoms with Crippen molar-refractivity contribution in [1.82, 2.24) is 30.4 Å². The number of likely N-dealkylation sites (tertiary alicyclic amines) is 1. The molecule has 11 nitrogen and oxygen atoms in total. The van der Waals surface area contributed by atoms with E-state index in [1.807, 2.05) is 51.1 Å². The van der Waals surface area contributed by atoms with Crippen LogP contribution in [0.1, 0.15) is 27.2 Å². The second-order valence-corrected chi connectivity index (χ2v) is 10.4. The number of carbonyl (C=O) groups is 2. The van der Waals surface area contributed by atoms with Gasteiger partial charge in [-0.15, -0.1) is 0 Å². The van der Waals surface area contributed by atoms with E-state index in [0.717, 1.165) is 22.2 Å². The molecule has 2 aromatic heterocycles. The van der Waals surface area contributed by atoms with Crippen molar-refractivity contribution in [2.75, 3.05) is 25.0 Å². The van der Waals surface area contributed by atoms with Crippen molar-refractivity contribution in [3.05, 3.63) is 60.9 Å². The first-order chi connectivity index (χ1) is 18.7. The van der Waals surface area contributed by atoms with Crippen molar-refractivity contribution >= 4 is 34.4 Å². The van der Waals surface area contributed by atoms with Gasteiger partial charge >= 0.3 is 6.09 Å². The van der Waals surface area contributed by atoms with E-state index in [4.69, 9.17) is 9.47 Å². The lowest BCUT2D eigenvalue weighted by atomic mass is 10.2. The van der Waals surface area contributed by atoms with E-state index in [2.05, 4.69) is 30.8 Å². The average molecular weight is 530 g/mol. The largest absolute Gasteiger partial charge is 0.484 e. The van der Waals surface area contributed by atoms with E-state index in [1.54, 1.807) is 35.5 Å². The number of H-pyrrole nitrogens is 1. The monoisotopic (exact) mass is 529 g/mol. The number of fused-ring (bicyclic) bond motifs is 1. The Kier molecular flexibility index (Phi) is 7.31.